The molecule has 1 saturated heterocycles. The summed E-state index contributed by atoms with van der Waals surface area (Å²) >= 11 is 0. The van der Waals surface area contributed by atoms with Gasteiger partial charge in [-0.2, -0.15) is 0 Å². The van der Waals surface area contributed by atoms with Gasteiger partial charge in [0.1, 0.15) is 6.10 Å². The molecule has 1 fully saturated rings. The Morgan fingerprint density at radius 1 is 1.27 bits per heavy atom. The Morgan fingerprint density at radius 2 is 1.91 bits per heavy atom. The molecular weight excluding hydrogens is 148 g/mol. The fourth-order valence-electron chi connectivity index (χ4n) is 1.20. The molecule has 0 radical (unpaired) electrons. The van der Waals surface area contributed by atoms with Gasteiger partial charge < -0.3 is 19.3 Å². The molecule has 0 spiro atoms. The average molecular weight is 162 g/mol. The highest BCUT2D eigenvalue weighted by molar-refractivity contribution is 4.75. The van der Waals surface area contributed by atoms with Crippen LogP contribution < -0.4 is 0 Å². The van der Waals surface area contributed by atoms with Crippen LogP contribution in [0.15, 0.2) is 0 Å². The largest absolute Gasteiger partial charge is 0.378 e. The Morgan fingerprint density at radius 3 is 2.45 bits per heavy atom. The van der Waals surface area contributed by atoms with E-state index < -0.39 is 6.29 Å². The molecule has 3 atom stereocenters. The van der Waals surface area contributed by atoms with Crippen LogP contribution in [0.3, 0.4) is 0 Å². The van der Waals surface area contributed by atoms with Crippen molar-refractivity contribution in [3.8, 4) is 0 Å². The summed E-state index contributed by atoms with van der Waals surface area (Å²) in [6, 6.07) is 0. The van der Waals surface area contributed by atoms with Gasteiger partial charge in [0.05, 0.1) is 12.7 Å². The maximum Gasteiger partial charge on any atom is 0.157 e. The van der Waals surface area contributed by atoms with Crippen molar-refractivity contribution in [3.63, 3.8) is 0 Å². The smallest absolute Gasteiger partial charge is 0.157 e. The molecule has 0 aromatic carbocycles. The predicted octanol–water partition coefficient (Wildman–Crippen LogP) is -0.245. The third-order valence-corrected chi connectivity index (χ3v) is 1.91. The lowest BCUT2D eigenvalue weighted by Gasteiger charge is -2.31. The molecular formula is C7H14O4. The standard InChI is InChI=1S/C7H14O4/c1-9-5-3-7(8)11-4-6(5)10-2/h5-8H,3-4H2,1-2H3. The van der Waals surface area contributed by atoms with Crippen molar-refractivity contribution in [2.45, 2.75) is 24.9 Å². The summed E-state index contributed by atoms with van der Waals surface area (Å²) in [4.78, 5) is 0. The number of rotatable bonds is 2. The topological polar surface area (TPSA) is 47.9 Å². The quantitative estimate of drug-likeness (QED) is 0.608. The molecule has 1 rings (SSSR count). The van der Waals surface area contributed by atoms with Crippen LogP contribution in [0.1, 0.15) is 6.42 Å². The van der Waals surface area contributed by atoms with Gasteiger partial charge in [-0.1, -0.05) is 0 Å². The number of ether oxygens (including phenoxy) is 3. The first-order chi connectivity index (χ1) is 5.27. The average Bonchev–Trinajstić information content (AvgIpc) is 2.04. The lowest BCUT2D eigenvalue weighted by atomic mass is 10.1. The Hall–Kier alpha value is -0.160. The number of methoxy groups -OCH3 is 2. The van der Waals surface area contributed by atoms with Crippen molar-refractivity contribution in [2.75, 3.05) is 20.8 Å². The maximum absolute atomic E-state index is 9.07. The van der Waals surface area contributed by atoms with Crippen LogP contribution in [-0.2, 0) is 14.2 Å². The predicted molar refractivity (Wildman–Crippen MR) is 38.2 cm³/mol. The molecule has 4 heteroatoms. The molecule has 1 aliphatic heterocycles. The van der Waals surface area contributed by atoms with Crippen molar-refractivity contribution < 1.29 is 19.3 Å². The molecule has 11 heavy (non-hydrogen) atoms. The fourth-order valence-corrected chi connectivity index (χ4v) is 1.20. The molecule has 1 aliphatic rings. The van der Waals surface area contributed by atoms with Gasteiger partial charge in [0, 0.05) is 20.6 Å². The van der Waals surface area contributed by atoms with Crippen molar-refractivity contribution >= 4 is 0 Å². The Labute approximate surface area is 66.1 Å². The van der Waals surface area contributed by atoms with E-state index in [9.17, 15) is 0 Å². The maximum atomic E-state index is 9.07. The van der Waals surface area contributed by atoms with Crippen molar-refractivity contribution in [3.05, 3.63) is 0 Å². The van der Waals surface area contributed by atoms with Gasteiger partial charge in [-0.05, 0) is 0 Å². The van der Waals surface area contributed by atoms with E-state index in [1.54, 1.807) is 14.2 Å². The summed E-state index contributed by atoms with van der Waals surface area (Å²) in [5.41, 5.74) is 0. The first-order valence-corrected chi connectivity index (χ1v) is 3.63. The molecule has 0 aliphatic carbocycles. The fraction of sp³-hybridized carbons (Fsp3) is 1.00. The van der Waals surface area contributed by atoms with E-state index in [1.165, 1.54) is 0 Å². The van der Waals surface area contributed by atoms with Crippen LogP contribution in [0, 0.1) is 0 Å². The lowest BCUT2D eigenvalue weighted by molar-refractivity contribution is -0.206. The third kappa shape index (κ3) is 2.13. The van der Waals surface area contributed by atoms with E-state index in [0.29, 0.717) is 13.0 Å². The summed E-state index contributed by atoms with van der Waals surface area (Å²) in [5.74, 6) is 0. The van der Waals surface area contributed by atoms with Gasteiger partial charge in [0.15, 0.2) is 6.29 Å². The van der Waals surface area contributed by atoms with Crippen LogP contribution in [0.2, 0.25) is 0 Å². The highest BCUT2D eigenvalue weighted by Gasteiger charge is 2.29. The summed E-state index contributed by atoms with van der Waals surface area (Å²) in [6.07, 6.45) is -0.326. The number of hydrogen-bond acceptors (Lipinski definition) is 4. The van der Waals surface area contributed by atoms with Gasteiger partial charge in [-0.3, -0.25) is 0 Å². The van der Waals surface area contributed by atoms with E-state index in [2.05, 4.69) is 0 Å². The zero-order chi connectivity index (χ0) is 8.27. The molecule has 0 saturated carbocycles. The monoisotopic (exact) mass is 162 g/mol. The van der Waals surface area contributed by atoms with Crippen LogP contribution in [0.4, 0.5) is 0 Å². The molecule has 0 bridgehead atoms. The number of aliphatic hydroxyl groups is 1. The normalized spacial score (nSPS) is 39.0. The Balaban J connectivity index is 2.41. The van der Waals surface area contributed by atoms with E-state index >= 15 is 0 Å². The minimum Gasteiger partial charge on any atom is -0.378 e. The Kier molecular flexibility index (Phi) is 3.26. The molecule has 0 aromatic heterocycles. The molecule has 3 unspecified atom stereocenters. The zero-order valence-corrected chi connectivity index (χ0v) is 6.82. The highest BCUT2D eigenvalue weighted by Crippen LogP contribution is 2.16. The van der Waals surface area contributed by atoms with Gasteiger partial charge >= 0.3 is 0 Å². The zero-order valence-electron chi connectivity index (χ0n) is 6.82. The van der Waals surface area contributed by atoms with Gasteiger partial charge in [0.25, 0.3) is 0 Å². The molecule has 1 N–H and O–H groups in total. The molecule has 0 amide bonds. The van der Waals surface area contributed by atoms with E-state index in [1.807, 2.05) is 0 Å². The SMILES string of the molecule is COC1COC(O)CC1OC. The minimum atomic E-state index is -0.702. The lowest BCUT2D eigenvalue weighted by Crippen LogP contribution is -2.43. The highest BCUT2D eigenvalue weighted by atomic mass is 16.6. The van der Waals surface area contributed by atoms with E-state index in [4.69, 9.17) is 19.3 Å². The Bertz CT molecular complexity index is 117. The van der Waals surface area contributed by atoms with Crippen molar-refractivity contribution in [1.29, 1.82) is 0 Å². The van der Waals surface area contributed by atoms with Gasteiger partial charge in [-0.25, -0.2) is 0 Å². The molecule has 1 heterocycles. The summed E-state index contributed by atoms with van der Waals surface area (Å²) in [5, 5.41) is 9.07. The van der Waals surface area contributed by atoms with Crippen molar-refractivity contribution in [1.82, 2.24) is 0 Å². The first-order valence-electron chi connectivity index (χ1n) is 3.63. The van der Waals surface area contributed by atoms with Gasteiger partial charge in [-0.15, -0.1) is 0 Å². The van der Waals surface area contributed by atoms with E-state index in [-0.39, 0.29) is 12.2 Å². The molecule has 0 aromatic rings. The van der Waals surface area contributed by atoms with Crippen LogP contribution in [0.5, 0.6) is 0 Å². The summed E-state index contributed by atoms with van der Waals surface area (Å²) in [7, 11) is 3.21. The van der Waals surface area contributed by atoms with Gasteiger partial charge in [0.2, 0.25) is 0 Å². The first kappa shape index (κ1) is 8.93. The third-order valence-electron chi connectivity index (χ3n) is 1.91. The number of aliphatic hydroxyl groups excluding tert-OH is 1. The van der Waals surface area contributed by atoms with Crippen LogP contribution >= 0.6 is 0 Å². The second kappa shape index (κ2) is 4.01. The summed E-state index contributed by atoms with van der Waals surface area (Å²) in [6.45, 7) is 0.399. The van der Waals surface area contributed by atoms with Crippen molar-refractivity contribution in [2.24, 2.45) is 0 Å². The minimum absolute atomic E-state index is 0.0521. The van der Waals surface area contributed by atoms with Crippen LogP contribution in [0.25, 0.3) is 0 Å². The second-order valence-electron chi connectivity index (χ2n) is 2.57. The van der Waals surface area contributed by atoms with Crippen LogP contribution in [-0.4, -0.2) is 44.4 Å². The summed E-state index contributed by atoms with van der Waals surface area (Å²) < 4.78 is 15.1. The molecule has 66 valence electrons. The number of hydrogen-bond donors (Lipinski definition) is 1. The molecule has 4 nitrogen and oxygen atoms in total. The van der Waals surface area contributed by atoms with E-state index in [0.717, 1.165) is 0 Å². The second-order valence-corrected chi connectivity index (χ2v) is 2.57.